The van der Waals surface area contributed by atoms with Crippen LogP contribution in [-0.4, -0.2) is 32.6 Å². The Morgan fingerprint density at radius 3 is 2.57 bits per heavy atom. The first-order chi connectivity index (χ1) is 10.1. The van der Waals surface area contributed by atoms with Crippen LogP contribution < -0.4 is 4.74 Å². The second kappa shape index (κ2) is 7.43. The molecule has 0 saturated heterocycles. The minimum atomic E-state index is -0.641. The van der Waals surface area contributed by atoms with Gasteiger partial charge in [0.25, 0.3) is 0 Å². The number of halogens is 1. The molecule has 0 radical (unpaired) electrons. The van der Waals surface area contributed by atoms with Gasteiger partial charge in [-0.15, -0.1) is 0 Å². The van der Waals surface area contributed by atoms with E-state index in [1.54, 1.807) is 28.9 Å². The lowest BCUT2D eigenvalue weighted by Gasteiger charge is -2.13. The lowest BCUT2D eigenvalue weighted by Crippen LogP contribution is -2.25. The average Bonchev–Trinajstić information content (AvgIpc) is 2.89. The Morgan fingerprint density at radius 1 is 1.24 bits per heavy atom. The first-order valence-corrected chi connectivity index (χ1v) is 7.49. The molecule has 2 aromatic rings. The molecule has 21 heavy (non-hydrogen) atoms. The average molecular weight is 310 g/mol. The van der Waals surface area contributed by atoms with Crippen molar-refractivity contribution >= 4 is 11.6 Å². The Morgan fingerprint density at radius 2 is 1.95 bits per heavy atom. The van der Waals surface area contributed by atoms with Crippen molar-refractivity contribution < 1.29 is 9.84 Å². The van der Waals surface area contributed by atoms with E-state index in [2.05, 4.69) is 10.1 Å². The van der Waals surface area contributed by atoms with Crippen molar-refractivity contribution in [3.63, 3.8) is 0 Å². The lowest BCUT2D eigenvalue weighted by atomic mass is 10.3. The summed E-state index contributed by atoms with van der Waals surface area (Å²) in [5.41, 5.74) is 0. The summed E-state index contributed by atoms with van der Waals surface area (Å²) in [4.78, 5) is 4.41. The number of aryl methyl sites for hydroxylation is 2. The van der Waals surface area contributed by atoms with Gasteiger partial charge in [-0.25, -0.2) is 9.67 Å². The molecule has 2 rings (SSSR count). The molecule has 1 unspecified atom stereocenters. The molecule has 114 valence electrons. The highest BCUT2D eigenvalue weighted by Crippen LogP contribution is 2.15. The van der Waals surface area contributed by atoms with E-state index in [-0.39, 0.29) is 6.61 Å². The Labute approximate surface area is 129 Å². The van der Waals surface area contributed by atoms with Crippen LogP contribution in [0.5, 0.6) is 5.75 Å². The number of aliphatic hydroxyl groups is 1. The number of aliphatic hydroxyl groups excluding tert-OH is 1. The quantitative estimate of drug-likeness (QED) is 0.853. The molecule has 1 N–H and O–H groups in total. The van der Waals surface area contributed by atoms with Gasteiger partial charge in [-0.05, 0) is 24.3 Å². The molecular formula is C15H20ClN3O2. The highest BCUT2D eigenvalue weighted by molar-refractivity contribution is 6.30. The minimum absolute atomic E-state index is 0.201. The molecule has 0 aliphatic heterocycles. The van der Waals surface area contributed by atoms with Gasteiger partial charge in [-0.2, -0.15) is 5.10 Å². The normalized spacial score (nSPS) is 12.4. The monoisotopic (exact) mass is 309 g/mol. The van der Waals surface area contributed by atoms with Crippen molar-refractivity contribution in [3.05, 3.63) is 40.9 Å². The third-order valence-corrected chi connectivity index (χ3v) is 3.32. The highest BCUT2D eigenvalue weighted by atomic mass is 35.5. The maximum atomic E-state index is 10.1. The van der Waals surface area contributed by atoms with Crippen molar-refractivity contribution in [2.75, 3.05) is 6.61 Å². The van der Waals surface area contributed by atoms with E-state index in [1.165, 1.54) is 0 Å². The summed E-state index contributed by atoms with van der Waals surface area (Å²) < 4.78 is 7.29. The third kappa shape index (κ3) is 4.44. The molecule has 0 saturated carbocycles. The van der Waals surface area contributed by atoms with E-state index in [0.29, 0.717) is 17.3 Å². The Balaban J connectivity index is 1.90. The summed E-state index contributed by atoms with van der Waals surface area (Å²) in [5, 5.41) is 15.1. The third-order valence-electron chi connectivity index (χ3n) is 3.06. The van der Waals surface area contributed by atoms with Crippen LogP contribution in [0, 0.1) is 0 Å². The number of hydrogen-bond acceptors (Lipinski definition) is 4. The summed E-state index contributed by atoms with van der Waals surface area (Å²) in [7, 11) is 0. The Kier molecular flexibility index (Phi) is 5.59. The van der Waals surface area contributed by atoms with Crippen molar-refractivity contribution in [2.24, 2.45) is 0 Å². The molecule has 0 spiro atoms. The fourth-order valence-corrected chi connectivity index (χ4v) is 2.09. The van der Waals surface area contributed by atoms with Gasteiger partial charge in [-0.1, -0.05) is 25.4 Å². The molecule has 0 aliphatic rings. The maximum absolute atomic E-state index is 10.1. The Bertz CT molecular complexity index is 569. The largest absolute Gasteiger partial charge is 0.491 e. The summed E-state index contributed by atoms with van der Waals surface area (Å²) >= 11 is 5.81. The van der Waals surface area contributed by atoms with Crippen LogP contribution >= 0.6 is 11.6 Å². The van der Waals surface area contributed by atoms with Crippen molar-refractivity contribution in [2.45, 2.75) is 39.3 Å². The zero-order valence-corrected chi connectivity index (χ0v) is 13.0. The van der Waals surface area contributed by atoms with Gasteiger partial charge in [0.2, 0.25) is 0 Å². The van der Waals surface area contributed by atoms with E-state index in [1.807, 2.05) is 13.8 Å². The van der Waals surface area contributed by atoms with Gasteiger partial charge in [0.1, 0.15) is 24.3 Å². The van der Waals surface area contributed by atoms with Crippen LogP contribution in [0.15, 0.2) is 24.3 Å². The SMILES string of the molecule is CCc1nc(CC)n(CC(O)COc2ccc(Cl)cc2)n1. The predicted octanol–water partition coefficient (Wildman–Crippen LogP) is 2.50. The molecule has 0 bridgehead atoms. The molecule has 0 amide bonds. The van der Waals surface area contributed by atoms with Gasteiger partial charge < -0.3 is 9.84 Å². The lowest BCUT2D eigenvalue weighted by molar-refractivity contribution is 0.0883. The molecule has 1 heterocycles. The number of aromatic nitrogens is 3. The Hall–Kier alpha value is -1.59. The number of rotatable bonds is 7. The van der Waals surface area contributed by atoms with Crippen molar-refractivity contribution in [3.8, 4) is 5.75 Å². The summed E-state index contributed by atoms with van der Waals surface area (Å²) in [6.45, 7) is 4.62. The van der Waals surface area contributed by atoms with Gasteiger partial charge in [0.15, 0.2) is 5.82 Å². The van der Waals surface area contributed by atoms with Crippen molar-refractivity contribution in [1.82, 2.24) is 14.8 Å². The standard InChI is InChI=1S/C15H20ClN3O2/c1-3-14-17-15(4-2)19(18-14)9-12(20)10-21-13-7-5-11(16)6-8-13/h5-8,12,20H,3-4,9-10H2,1-2H3. The van der Waals surface area contributed by atoms with Crippen LogP contribution in [0.3, 0.4) is 0 Å². The summed E-state index contributed by atoms with van der Waals surface area (Å²) in [6.07, 6.45) is 0.937. The van der Waals surface area contributed by atoms with Crippen LogP contribution in [-0.2, 0) is 19.4 Å². The predicted molar refractivity (Wildman–Crippen MR) is 81.7 cm³/mol. The van der Waals surface area contributed by atoms with Gasteiger partial charge in [-0.3, -0.25) is 0 Å². The van der Waals surface area contributed by atoms with Crippen molar-refractivity contribution in [1.29, 1.82) is 0 Å². The van der Waals surface area contributed by atoms with Crippen LogP contribution in [0.2, 0.25) is 5.02 Å². The van der Waals surface area contributed by atoms with E-state index in [4.69, 9.17) is 16.3 Å². The van der Waals surface area contributed by atoms with Gasteiger partial charge >= 0.3 is 0 Å². The summed E-state index contributed by atoms with van der Waals surface area (Å²) in [6, 6.07) is 7.06. The maximum Gasteiger partial charge on any atom is 0.150 e. The van der Waals surface area contributed by atoms with E-state index >= 15 is 0 Å². The second-order valence-corrected chi connectivity index (χ2v) is 5.19. The number of hydrogen-bond donors (Lipinski definition) is 1. The molecule has 6 heteroatoms. The first-order valence-electron chi connectivity index (χ1n) is 7.11. The van der Waals surface area contributed by atoms with E-state index in [9.17, 15) is 5.11 Å². The molecule has 0 aliphatic carbocycles. The topological polar surface area (TPSA) is 60.2 Å². The molecule has 1 aromatic heterocycles. The molecule has 5 nitrogen and oxygen atoms in total. The number of nitrogens with zero attached hydrogens (tertiary/aromatic N) is 3. The van der Waals surface area contributed by atoms with Crippen LogP contribution in [0.4, 0.5) is 0 Å². The smallest absolute Gasteiger partial charge is 0.150 e. The number of ether oxygens (including phenoxy) is 1. The molecule has 1 atom stereocenters. The summed E-state index contributed by atoms with van der Waals surface area (Å²) in [5.74, 6) is 2.37. The zero-order chi connectivity index (χ0) is 15.2. The van der Waals surface area contributed by atoms with Gasteiger partial charge in [0, 0.05) is 17.9 Å². The fraction of sp³-hybridized carbons (Fsp3) is 0.467. The minimum Gasteiger partial charge on any atom is -0.491 e. The van der Waals surface area contributed by atoms with E-state index in [0.717, 1.165) is 24.5 Å². The fourth-order valence-electron chi connectivity index (χ4n) is 1.96. The first kappa shape index (κ1) is 15.8. The van der Waals surface area contributed by atoms with Crippen LogP contribution in [0.25, 0.3) is 0 Å². The van der Waals surface area contributed by atoms with E-state index < -0.39 is 6.10 Å². The molecule has 0 fully saturated rings. The zero-order valence-electron chi connectivity index (χ0n) is 12.3. The molecular weight excluding hydrogens is 290 g/mol. The number of benzene rings is 1. The van der Waals surface area contributed by atoms with Gasteiger partial charge in [0.05, 0.1) is 6.54 Å². The second-order valence-electron chi connectivity index (χ2n) is 4.75. The van der Waals surface area contributed by atoms with Crippen LogP contribution in [0.1, 0.15) is 25.5 Å². The molecule has 1 aromatic carbocycles. The highest BCUT2D eigenvalue weighted by Gasteiger charge is 2.12.